The summed E-state index contributed by atoms with van der Waals surface area (Å²) in [6.45, 7) is 1.99. The molecule has 35 heavy (non-hydrogen) atoms. The van der Waals surface area contributed by atoms with Gasteiger partial charge in [0.15, 0.2) is 0 Å². The first-order chi connectivity index (χ1) is 16.9. The number of ether oxygens (including phenoxy) is 1. The van der Waals surface area contributed by atoms with Gasteiger partial charge in [-0.2, -0.15) is 0 Å². The van der Waals surface area contributed by atoms with E-state index < -0.39 is 0 Å². The molecule has 0 unspecified atom stereocenters. The smallest absolute Gasteiger partial charge is 0.323 e. The quantitative estimate of drug-likeness (QED) is 0.380. The van der Waals surface area contributed by atoms with E-state index in [0.29, 0.717) is 5.82 Å². The van der Waals surface area contributed by atoms with Crippen LogP contribution in [-0.2, 0) is 0 Å². The van der Waals surface area contributed by atoms with Gasteiger partial charge >= 0.3 is 6.03 Å². The predicted molar refractivity (Wildman–Crippen MR) is 137 cm³/mol. The Hall–Kier alpha value is -4.66. The lowest BCUT2D eigenvalue weighted by Crippen LogP contribution is -2.36. The molecule has 0 aliphatic carbocycles. The Morgan fingerprint density at radius 3 is 2.63 bits per heavy atom. The highest BCUT2D eigenvalue weighted by molar-refractivity contribution is 5.97. The molecule has 3 aromatic heterocycles. The average Bonchev–Trinajstić information content (AvgIpc) is 3.32. The van der Waals surface area contributed by atoms with Crippen LogP contribution >= 0.6 is 0 Å². The minimum atomic E-state index is -0.117. The van der Waals surface area contributed by atoms with Crippen molar-refractivity contribution >= 4 is 39.8 Å². The molecule has 0 spiro atoms. The van der Waals surface area contributed by atoms with Gasteiger partial charge in [0.1, 0.15) is 29.3 Å². The first-order valence-corrected chi connectivity index (χ1v) is 11.1. The number of anilines is 3. The van der Waals surface area contributed by atoms with Crippen LogP contribution in [0.1, 0.15) is 5.56 Å². The van der Waals surface area contributed by atoms with E-state index in [2.05, 4.69) is 20.3 Å². The predicted octanol–water partition coefficient (Wildman–Crippen LogP) is 5.24. The second-order valence-corrected chi connectivity index (χ2v) is 8.42. The molecule has 176 valence electrons. The molecule has 0 aliphatic rings. The lowest BCUT2D eigenvalue weighted by atomic mass is 10.1. The molecule has 0 atom stereocenters. The number of carbonyl (C=O) groups is 1. The number of hydrogen-bond donors (Lipinski definition) is 1. The van der Waals surface area contributed by atoms with E-state index >= 15 is 0 Å². The van der Waals surface area contributed by atoms with Crippen molar-refractivity contribution in [1.29, 1.82) is 0 Å². The molecule has 5 aromatic rings. The van der Waals surface area contributed by atoms with Gasteiger partial charge < -0.3 is 19.4 Å². The Bertz CT molecular complexity index is 1540. The van der Waals surface area contributed by atoms with Crippen LogP contribution in [0, 0.1) is 6.92 Å². The van der Waals surface area contributed by atoms with E-state index in [-0.39, 0.29) is 6.03 Å². The molecule has 9 heteroatoms. The molecule has 3 heterocycles. The molecule has 0 saturated carbocycles. The van der Waals surface area contributed by atoms with Crippen molar-refractivity contribution < 1.29 is 9.53 Å². The maximum absolute atomic E-state index is 12.4. The SMILES string of the molecule is Cc1cc(Nc2ncnc3ccc(N(C)C(=O)N(C)C)cc23)ccc1Oc1ccn2ccnc2c1. The van der Waals surface area contributed by atoms with Gasteiger partial charge in [0, 0.05) is 62.6 Å². The lowest BCUT2D eigenvalue weighted by Gasteiger charge is -2.22. The number of rotatable bonds is 5. The van der Waals surface area contributed by atoms with Gasteiger partial charge in [-0.05, 0) is 55.0 Å². The normalized spacial score (nSPS) is 11.0. The number of imidazole rings is 1. The summed E-state index contributed by atoms with van der Waals surface area (Å²) in [6.07, 6.45) is 7.08. The van der Waals surface area contributed by atoms with Gasteiger partial charge in [0.05, 0.1) is 5.52 Å². The Morgan fingerprint density at radius 1 is 0.971 bits per heavy atom. The highest BCUT2D eigenvalue weighted by atomic mass is 16.5. The highest BCUT2D eigenvalue weighted by Gasteiger charge is 2.15. The van der Waals surface area contributed by atoms with E-state index in [1.54, 1.807) is 32.2 Å². The molecule has 0 bridgehead atoms. The summed E-state index contributed by atoms with van der Waals surface area (Å²) in [4.78, 5) is 28.6. The van der Waals surface area contributed by atoms with Crippen LogP contribution in [0.5, 0.6) is 11.5 Å². The third-order valence-electron chi connectivity index (χ3n) is 5.71. The van der Waals surface area contributed by atoms with Crippen LogP contribution in [0.15, 0.2) is 73.4 Å². The number of carbonyl (C=O) groups excluding carboxylic acids is 1. The summed E-state index contributed by atoms with van der Waals surface area (Å²) < 4.78 is 8.03. The zero-order valence-corrected chi connectivity index (χ0v) is 19.9. The van der Waals surface area contributed by atoms with Crippen molar-refractivity contribution in [2.45, 2.75) is 6.92 Å². The van der Waals surface area contributed by atoms with E-state index in [1.165, 1.54) is 11.2 Å². The number of hydrogen-bond acceptors (Lipinski definition) is 6. The van der Waals surface area contributed by atoms with Crippen LogP contribution in [0.25, 0.3) is 16.6 Å². The summed E-state index contributed by atoms with van der Waals surface area (Å²) in [5.41, 5.74) is 4.19. The second-order valence-electron chi connectivity index (χ2n) is 8.42. The van der Waals surface area contributed by atoms with Gasteiger partial charge in [-0.1, -0.05) is 0 Å². The molecule has 5 rings (SSSR count). The summed E-state index contributed by atoms with van der Waals surface area (Å²) >= 11 is 0. The minimum absolute atomic E-state index is 0.117. The number of urea groups is 1. The van der Waals surface area contributed by atoms with Crippen LogP contribution < -0.4 is 15.0 Å². The molecule has 0 fully saturated rings. The van der Waals surface area contributed by atoms with Crippen LogP contribution in [0.4, 0.5) is 22.0 Å². The number of fused-ring (bicyclic) bond motifs is 2. The fraction of sp³-hybridized carbons (Fsp3) is 0.154. The van der Waals surface area contributed by atoms with Crippen molar-refractivity contribution in [3.63, 3.8) is 0 Å². The number of nitrogens with one attached hydrogen (secondary N) is 1. The van der Waals surface area contributed by atoms with E-state index in [1.807, 2.05) is 72.2 Å². The minimum Gasteiger partial charge on any atom is -0.457 e. The molecule has 0 radical (unpaired) electrons. The van der Waals surface area contributed by atoms with Crippen molar-refractivity contribution in [1.82, 2.24) is 24.3 Å². The fourth-order valence-corrected chi connectivity index (χ4v) is 3.82. The van der Waals surface area contributed by atoms with E-state index in [0.717, 1.165) is 45.0 Å². The van der Waals surface area contributed by atoms with Gasteiger partial charge in [-0.3, -0.25) is 4.90 Å². The number of benzene rings is 2. The van der Waals surface area contributed by atoms with Crippen molar-refractivity contribution in [2.75, 3.05) is 31.4 Å². The van der Waals surface area contributed by atoms with Gasteiger partial charge in [-0.25, -0.2) is 19.7 Å². The highest BCUT2D eigenvalue weighted by Crippen LogP contribution is 2.31. The third-order valence-corrected chi connectivity index (χ3v) is 5.71. The third kappa shape index (κ3) is 4.43. The molecule has 2 amide bonds. The Labute approximate surface area is 202 Å². The molecule has 9 nitrogen and oxygen atoms in total. The zero-order chi connectivity index (χ0) is 24.5. The van der Waals surface area contributed by atoms with Crippen LogP contribution in [0.3, 0.4) is 0 Å². The Balaban J connectivity index is 1.40. The van der Waals surface area contributed by atoms with E-state index in [9.17, 15) is 4.79 Å². The first kappa shape index (κ1) is 22.1. The van der Waals surface area contributed by atoms with Crippen LogP contribution in [-0.4, -0.2) is 51.4 Å². The number of aryl methyl sites for hydroxylation is 1. The summed E-state index contributed by atoms with van der Waals surface area (Å²) in [6, 6.07) is 15.2. The Morgan fingerprint density at radius 2 is 1.83 bits per heavy atom. The monoisotopic (exact) mass is 467 g/mol. The standard InChI is InChI=1S/C26H25N7O2/c1-17-13-18(5-8-23(17)35-20-9-11-33-12-10-27-24(33)15-20)30-25-21-14-19(32(4)26(34)31(2)3)6-7-22(21)28-16-29-25/h5-16H,1-4H3,(H,28,29,30). The molecule has 2 aromatic carbocycles. The topological polar surface area (TPSA) is 87.9 Å². The molecule has 0 saturated heterocycles. The number of nitrogens with zero attached hydrogens (tertiary/aromatic N) is 6. The maximum Gasteiger partial charge on any atom is 0.323 e. The lowest BCUT2D eigenvalue weighted by molar-refractivity contribution is 0.225. The molecule has 1 N–H and O–H groups in total. The van der Waals surface area contributed by atoms with Gasteiger partial charge in [-0.15, -0.1) is 0 Å². The maximum atomic E-state index is 12.4. The van der Waals surface area contributed by atoms with Crippen molar-refractivity contribution in [2.24, 2.45) is 0 Å². The summed E-state index contributed by atoms with van der Waals surface area (Å²) in [7, 11) is 5.19. The van der Waals surface area contributed by atoms with Crippen molar-refractivity contribution in [3.05, 3.63) is 79.0 Å². The van der Waals surface area contributed by atoms with Gasteiger partial charge in [0.2, 0.25) is 0 Å². The molecular weight excluding hydrogens is 442 g/mol. The summed E-state index contributed by atoms with van der Waals surface area (Å²) in [5.74, 6) is 2.13. The van der Waals surface area contributed by atoms with E-state index in [4.69, 9.17) is 4.74 Å². The van der Waals surface area contributed by atoms with Crippen molar-refractivity contribution in [3.8, 4) is 11.5 Å². The largest absolute Gasteiger partial charge is 0.457 e. The number of pyridine rings is 1. The fourth-order valence-electron chi connectivity index (χ4n) is 3.82. The van der Waals surface area contributed by atoms with Gasteiger partial charge in [0.25, 0.3) is 0 Å². The number of aromatic nitrogens is 4. The zero-order valence-electron chi connectivity index (χ0n) is 19.9. The second kappa shape index (κ2) is 8.94. The summed E-state index contributed by atoms with van der Waals surface area (Å²) in [5, 5.41) is 4.20. The molecular formula is C26H25N7O2. The first-order valence-electron chi connectivity index (χ1n) is 11.1. The molecule has 0 aliphatic heterocycles. The van der Waals surface area contributed by atoms with Crippen LogP contribution in [0.2, 0.25) is 0 Å². The Kier molecular flexibility index (Phi) is 5.66. The average molecular weight is 468 g/mol. The number of amides is 2.